The number of imidazole rings is 1. The summed E-state index contributed by atoms with van der Waals surface area (Å²) in [5.41, 5.74) is 2.88. The highest BCUT2D eigenvalue weighted by molar-refractivity contribution is 7.99. The van der Waals surface area contributed by atoms with Gasteiger partial charge in [-0.1, -0.05) is 29.4 Å². The maximum atomic E-state index is 12.6. The minimum absolute atomic E-state index is 0.133. The monoisotopic (exact) mass is 416 g/mol. The number of halogens is 1. The van der Waals surface area contributed by atoms with Crippen molar-refractivity contribution in [3.05, 3.63) is 47.5 Å². The van der Waals surface area contributed by atoms with Gasteiger partial charge in [0.2, 0.25) is 5.91 Å². The van der Waals surface area contributed by atoms with Gasteiger partial charge in [0.1, 0.15) is 5.75 Å². The van der Waals surface area contributed by atoms with Crippen LogP contribution in [0.2, 0.25) is 5.02 Å². The summed E-state index contributed by atoms with van der Waals surface area (Å²) < 4.78 is 5.23. The number of nitrogens with one attached hydrogen (secondary N) is 1. The number of amides is 1. The highest BCUT2D eigenvalue weighted by Gasteiger charge is 2.21. The predicted molar refractivity (Wildman–Crippen MR) is 114 cm³/mol. The first kappa shape index (κ1) is 19.0. The molecule has 8 heteroatoms. The Balaban J connectivity index is 1.31. The molecule has 1 fully saturated rings. The number of ether oxygens (including phenoxy) is 1. The fourth-order valence-corrected chi connectivity index (χ4v) is 4.24. The van der Waals surface area contributed by atoms with Crippen molar-refractivity contribution in [1.82, 2.24) is 14.9 Å². The second-order valence-corrected chi connectivity index (χ2v) is 7.96. The van der Waals surface area contributed by atoms with E-state index < -0.39 is 0 Å². The number of nitrogens with zero attached hydrogens (tertiary/aromatic N) is 3. The first-order chi connectivity index (χ1) is 13.6. The molecule has 28 heavy (non-hydrogen) atoms. The summed E-state index contributed by atoms with van der Waals surface area (Å²) >= 11 is 7.51. The van der Waals surface area contributed by atoms with E-state index in [1.165, 1.54) is 11.8 Å². The lowest BCUT2D eigenvalue weighted by atomic mass is 10.2. The molecule has 1 aromatic heterocycles. The van der Waals surface area contributed by atoms with Gasteiger partial charge in [0.25, 0.3) is 0 Å². The Morgan fingerprint density at radius 1 is 1.21 bits per heavy atom. The fourth-order valence-electron chi connectivity index (χ4n) is 3.27. The summed E-state index contributed by atoms with van der Waals surface area (Å²) in [7, 11) is 1.64. The Morgan fingerprint density at radius 2 is 2.04 bits per heavy atom. The average Bonchev–Trinajstić information content (AvgIpc) is 3.14. The molecule has 1 amide bonds. The van der Waals surface area contributed by atoms with Crippen LogP contribution in [0.4, 0.5) is 5.69 Å². The van der Waals surface area contributed by atoms with Gasteiger partial charge in [0.05, 0.1) is 23.9 Å². The zero-order valence-corrected chi connectivity index (χ0v) is 17.1. The smallest absolute Gasteiger partial charge is 0.233 e. The van der Waals surface area contributed by atoms with Crippen molar-refractivity contribution in [2.24, 2.45) is 0 Å². The number of methoxy groups -OCH3 is 1. The summed E-state index contributed by atoms with van der Waals surface area (Å²) in [6.45, 7) is 3.04. The van der Waals surface area contributed by atoms with E-state index in [1.807, 2.05) is 41.3 Å². The van der Waals surface area contributed by atoms with E-state index in [-0.39, 0.29) is 5.91 Å². The van der Waals surface area contributed by atoms with Gasteiger partial charge in [-0.25, -0.2) is 4.98 Å². The van der Waals surface area contributed by atoms with E-state index in [1.54, 1.807) is 7.11 Å². The highest BCUT2D eigenvalue weighted by Crippen LogP contribution is 2.24. The zero-order chi connectivity index (χ0) is 19.5. The van der Waals surface area contributed by atoms with Gasteiger partial charge in [-0.15, -0.1) is 0 Å². The van der Waals surface area contributed by atoms with Gasteiger partial charge in [0.15, 0.2) is 5.16 Å². The molecule has 0 spiro atoms. The maximum absolute atomic E-state index is 12.6. The van der Waals surface area contributed by atoms with Crippen molar-refractivity contribution in [3.63, 3.8) is 0 Å². The lowest BCUT2D eigenvalue weighted by molar-refractivity contribution is -0.128. The number of fused-ring (bicyclic) bond motifs is 1. The Kier molecular flexibility index (Phi) is 5.64. The normalized spacial score (nSPS) is 14.5. The van der Waals surface area contributed by atoms with Crippen molar-refractivity contribution >= 4 is 46.0 Å². The third kappa shape index (κ3) is 4.20. The van der Waals surface area contributed by atoms with Crippen molar-refractivity contribution in [2.45, 2.75) is 5.16 Å². The minimum atomic E-state index is 0.133. The number of aromatic amines is 1. The van der Waals surface area contributed by atoms with Crippen molar-refractivity contribution < 1.29 is 9.53 Å². The third-order valence-electron chi connectivity index (χ3n) is 4.81. The van der Waals surface area contributed by atoms with Crippen LogP contribution in [0.15, 0.2) is 47.6 Å². The Labute approximate surface area is 172 Å². The molecule has 1 aliphatic rings. The van der Waals surface area contributed by atoms with Crippen molar-refractivity contribution in [3.8, 4) is 5.75 Å². The van der Waals surface area contributed by atoms with Crippen LogP contribution in [0.3, 0.4) is 0 Å². The van der Waals surface area contributed by atoms with Gasteiger partial charge < -0.3 is 19.5 Å². The van der Waals surface area contributed by atoms with Crippen LogP contribution >= 0.6 is 23.4 Å². The van der Waals surface area contributed by atoms with Gasteiger partial charge >= 0.3 is 0 Å². The number of rotatable bonds is 5. The number of carbonyl (C=O) groups is 1. The number of carbonyl (C=O) groups excluding carboxylic acids is 1. The van der Waals surface area contributed by atoms with E-state index in [9.17, 15) is 4.79 Å². The molecular weight excluding hydrogens is 396 g/mol. The number of benzene rings is 2. The average molecular weight is 417 g/mol. The standard InChI is InChI=1S/C20H21ClN4O2S/c1-27-16-5-6-17-18(12-16)23-20(22-17)28-13-19(26)25-9-7-24(8-10-25)15-4-2-3-14(21)11-15/h2-6,11-12H,7-10,13H2,1H3,(H,22,23). The molecular formula is C20H21ClN4O2S. The molecule has 146 valence electrons. The number of piperazine rings is 1. The summed E-state index contributed by atoms with van der Waals surface area (Å²) in [5, 5.41) is 1.48. The number of anilines is 1. The second kappa shape index (κ2) is 8.32. The number of thioether (sulfide) groups is 1. The number of H-pyrrole nitrogens is 1. The van der Waals surface area contributed by atoms with E-state index in [4.69, 9.17) is 16.3 Å². The predicted octanol–water partition coefficient (Wildman–Crippen LogP) is 3.67. The summed E-state index contributed by atoms with van der Waals surface area (Å²) in [5.74, 6) is 1.28. The topological polar surface area (TPSA) is 61.5 Å². The molecule has 2 heterocycles. The first-order valence-corrected chi connectivity index (χ1v) is 10.4. The van der Waals surface area contributed by atoms with E-state index in [0.717, 1.165) is 45.7 Å². The molecule has 4 rings (SSSR count). The largest absolute Gasteiger partial charge is 0.497 e. The second-order valence-electron chi connectivity index (χ2n) is 6.56. The summed E-state index contributed by atoms with van der Waals surface area (Å²) in [6.07, 6.45) is 0. The zero-order valence-electron chi connectivity index (χ0n) is 15.5. The van der Waals surface area contributed by atoms with Gasteiger partial charge in [-0.05, 0) is 30.3 Å². The van der Waals surface area contributed by atoms with Crippen LogP contribution < -0.4 is 9.64 Å². The minimum Gasteiger partial charge on any atom is -0.497 e. The lowest BCUT2D eigenvalue weighted by Crippen LogP contribution is -2.49. The molecule has 0 saturated carbocycles. The van der Waals surface area contributed by atoms with Gasteiger partial charge in [-0.2, -0.15) is 0 Å². The van der Waals surface area contributed by atoms with Gasteiger partial charge in [-0.3, -0.25) is 4.79 Å². The number of aromatic nitrogens is 2. The highest BCUT2D eigenvalue weighted by atomic mass is 35.5. The molecule has 0 radical (unpaired) electrons. The fraction of sp³-hybridized carbons (Fsp3) is 0.300. The summed E-state index contributed by atoms with van der Waals surface area (Å²) in [6, 6.07) is 13.5. The van der Waals surface area contributed by atoms with E-state index in [2.05, 4.69) is 20.9 Å². The first-order valence-electron chi connectivity index (χ1n) is 9.07. The molecule has 1 aliphatic heterocycles. The van der Waals surface area contributed by atoms with Crippen LogP contribution in [0, 0.1) is 0 Å². The molecule has 2 aromatic carbocycles. The quantitative estimate of drug-likeness (QED) is 0.643. The molecule has 1 N–H and O–H groups in total. The number of hydrogen-bond donors (Lipinski definition) is 1. The molecule has 6 nitrogen and oxygen atoms in total. The molecule has 3 aromatic rings. The van der Waals surface area contributed by atoms with E-state index >= 15 is 0 Å². The van der Waals surface area contributed by atoms with Crippen molar-refractivity contribution in [1.29, 1.82) is 0 Å². The Morgan fingerprint density at radius 3 is 2.79 bits per heavy atom. The van der Waals surface area contributed by atoms with Gasteiger partial charge in [0, 0.05) is 43.0 Å². The van der Waals surface area contributed by atoms with Crippen LogP contribution in [0.25, 0.3) is 11.0 Å². The molecule has 0 atom stereocenters. The molecule has 0 unspecified atom stereocenters. The van der Waals surface area contributed by atoms with E-state index in [0.29, 0.717) is 18.8 Å². The van der Waals surface area contributed by atoms with Crippen LogP contribution in [0.1, 0.15) is 0 Å². The maximum Gasteiger partial charge on any atom is 0.233 e. The Hall–Kier alpha value is -2.38. The lowest BCUT2D eigenvalue weighted by Gasteiger charge is -2.36. The van der Waals surface area contributed by atoms with Crippen LogP contribution in [-0.4, -0.2) is 59.8 Å². The Bertz CT molecular complexity index is 985. The number of hydrogen-bond acceptors (Lipinski definition) is 5. The van der Waals surface area contributed by atoms with Crippen LogP contribution in [-0.2, 0) is 4.79 Å². The van der Waals surface area contributed by atoms with Crippen molar-refractivity contribution in [2.75, 3.05) is 43.9 Å². The molecule has 0 bridgehead atoms. The SMILES string of the molecule is COc1ccc2nc(SCC(=O)N3CCN(c4cccc(Cl)c4)CC3)[nH]c2c1. The molecule has 1 saturated heterocycles. The third-order valence-corrected chi connectivity index (χ3v) is 5.90. The summed E-state index contributed by atoms with van der Waals surface area (Å²) in [4.78, 5) is 24.5. The van der Waals surface area contributed by atoms with Crippen LogP contribution in [0.5, 0.6) is 5.75 Å². The molecule has 0 aliphatic carbocycles.